The highest BCUT2D eigenvalue weighted by molar-refractivity contribution is 5.92. The van der Waals surface area contributed by atoms with Crippen molar-refractivity contribution in [3.8, 4) is 0 Å². The molecule has 1 unspecified atom stereocenters. The Hall–Kier alpha value is -2.37. The molecule has 21 heavy (non-hydrogen) atoms. The van der Waals surface area contributed by atoms with Gasteiger partial charge in [-0.1, -0.05) is 19.1 Å². The molecule has 0 radical (unpaired) electrons. The minimum Gasteiger partial charge on any atom is -0.358 e. The Balaban J connectivity index is 2.26. The maximum absolute atomic E-state index is 12.0. The summed E-state index contributed by atoms with van der Waals surface area (Å²) >= 11 is 0. The van der Waals surface area contributed by atoms with Crippen molar-refractivity contribution >= 4 is 28.6 Å². The van der Waals surface area contributed by atoms with E-state index < -0.39 is 0 Å². The van der Waals surface area contributed by atoms with Crippen LogP contribution in [0.2, 0.25) is 0 Å². The monoisotopic (exact) mass is 287 g/mol. The van der Waals surface area contributed by atoms with E-state index in [1.54, 1.807) is 7.05 Å². The van der Waals surface area contributed by atoms with Gasteiger partial charge in [0.1, 0.15) is 11.9 Å². The number of hydrogen-bond acceptors (Lipinski definition) is 5. The zero-order valence-corrected chi connectivity index (χ0v) is 12.6. The lowest BCUT2D eigenvalue weighted by Crippen LogP contribution is -2.38. The summed E-state index contributed by atoms with van der Waals surface area (Å²) in [6, 6.07) is 7.35. The Kier molecular flexibility index (Phi) is 4.92. The molecule has 1 amide bonds. The Bertz CT molecular complexity index is 628. The van der Waals surface area contributed by atoms with Crippen molar-refractivity contribution < 1.29 is 4.79 Å². The van der Waals surface area contributed by atoms with Crippen LogP contribution >= 0.6 is 0 Å². The van der Waals surface area contributed by atoms with Crippen molar-refractivity contribution in [1.82, 2.24) is 15.3 Å². The summed E-state index contributed by atoms with van der Waals surface area (Å²) in [6.45, 7) is 4.52. The SMILES string of the molecule is CCCNC(=O)C(C)Nc1nc(NC)nc2ccccc12. The van der Waals surface area contributed by atoms with E-state index in [0.717, 1.165) is 17.3 Å². The van der Waals surface area contributed by atoms with E-state index in [2.05, 4.69) is 25.9 Å². The topological polar surface area (TPSA) is 78.9 Å². The fraction of sp³-hybridized carbons (Fsp3) is 0.400. The lowest BCUT2D eigenvalue weighted by atomic mass is 10.2. The van der Waals surface area contributed by atoms with Crippen LogP contribution in [0.3, 0.4) is 0 Å². The van der Waals surface area contributed by atoms with Crippen LogP contribution in [0.15, 0.2) is 24.3 Å². The van der Waals surface area contributed by atoms with Gasteiger partial charge in [0.05, 0.1) is 5.52 Å². The van der Waals surface area contributed by atoms with Gasteiger partial charge in [-0.2, -0.15) is 4.98 Å². The summed E-state index contributed by atoms with van der Waals surface area (Å²) in [4.78, 5) is 20.8. The van der Waals surface area contributed by atoms with Gasteiger partial charge in [0, 0.05) is 19.0 Å². The third-order valence-corrected chi connectivity index (χ3v) is 3.12. The van der Waals surface area contributed by atoms with Crippen molar-refractivity contribution in [1.29, 1.82) is 0 Å². The second-order valence-corrected chi connectivity index (χ2v) is 4.82. The molecular formula is C15H21N5O. The summed E-state index contributed by atoms with van der Waals surface area (Å²) in [5, 5.41) is 9.86. The number of fused-ring (bicyclic) bond motifs is 1. The van der Waals surface area contributed by atoms with Gasteiger partial charge >= 0.3 is 0 Å². The predicted octanol–water partition coefficient (Wildman–Crippen LogP) is 2.00. The molecule has 0 fully saturated rings. The molecule has 2 aromatic rings. The van der Waals surface area contributed by atoms with Gasteiger partial charge in [-0.05, 0) is 25.5 Å². The van der Waals surface area contributed by atoms with E-state index in [-0.39, 0.29) is 11.9 Å². The zero-order valence-electron chi connectivity index (χ0n) is 12.6. The number of amides is 1. The number of benzene rings is 1. The first kappa shape index (κ1) is 15.0. The largest absolute Gasteiger partial charge is 0.358 e. The lowest BCUT2D eigenvalue weighted by molar-refractivity contribution is -0.121. The fourth-order valence-corrected chi connectivity index (χ4v) is 1.97. The highest BCUT2D eigenvalue weighted by Crippen LogP contribution is 2.22. The number of carbonyl (C=O) groups excluding carboxylic acids is 1. The summed E-state index contributed by atoms with van der Waals surface area (Å²) in [6.07, 6.45) is 0.915. The first-order valence-electron chi connectivity index (χ1n) is 7.14. The number of rotatable bonds is 6. The summed E-state index contributed by atoms with van der Waals surface area (Å²) in [5.41, 5.74) is 0.834. The molecule has 0 saturated carbocycles. The Labute approximate surface area is 124 Å². The van der Waals surface area contributed by atoms with E-state index in [0.29, 0.717) is 18.3 Å². The molecule has 1 aromatic heterocycles. The molecule has 3 N–H and O–H groups in total. The average Bonchev–Trinajstić information content (AvgIpc) is 2.52. The van der Waals surface area contributed by atoms with E-state index in [4.69, 9.17) is 0 Å². The minimum atomic E-state index is -0.362. The van der Waals surface area contributed by atoms with Gasteiger partial charge in [-0.15, -0.1) is 0 Å². The molecule has 1 aromatic carbocycles. The van der Waals surface area contributed by atoms with E-state index in [9.17, 15) is 4.79 Å². The first-order chi connectivity index (χ1) is 10.2. The van der Waals surface area contributed by atoms with Gasteiger partial charge in [-0.3, -0.25) is 4.79 Å². The van der Waals surface area contributed by atoms with Crippen molar-refractivity contribution in [2.45, 2.75) is 26.3 Å². The highest BCUT2D eigenvalue weighted by Gasteiger charge is 2.15. The smallest absolute Gasteiger partial charge is 0.242 e. The zero-order chi connectivity index (χ0) is 15.2. The van der Waals surface area contributed by atoms with Gasteiger partial charge in [0.25, 0.3) is 0 Å². The average molecular weight is 287 g/mol. The van der Waals surface area contributed by atoms with Gasteiger partial charge in [0.2, 0.25) is 11.9 Å². The number of aromatic nitrogens is 2. The summed E-state index contributed by atoms with van der Waals surface area (Å²) in [7, 11) is 1.77. The predicted molar refractivity (Wildman–Crippen MR) is 85.5 cm³/mol. The maximum Gasteiger partial charge on any atom is 0.242 e. The standard InChI is InChI=1S/C15H21N5O/c1-4-9-17-14(21)10(2)18-13-11-7-5-6-8-12(11)19-15(16-3)20-13/h5-8,10H,4,9H2,1-3H3,(H,17,21)(H2,16,18,19,20). The van der Waals surface area contributed by atoms with Crippen molar-refractivity contribution in [2.75, 3.05) is 24.2 Å². The number of para-hydroxylation sites is 1. The quantitative estimate of drug-likeness (QED) is 0.757. The Morgan fingerprint density at radius 3 is 2.76 bits per heavy atom. The minimum absolute atomic E-state index is 0.0365. The molecule has 112 valence electrons. The van der Waals surface area contributed by atoms with Crippen LogP contribution in [0.5, 0.6) is 0 Å². The number of hydrogen-bond donors (Lipinski definition) is 3. The van der Waals surface area contributed by atoms with Gasteiger partial charge in [-0.25, -0.2) is 4.98 Å². The second-order valence-electron chi connectivity index (χ2n) is 4.82. The lowest BCUT2D eigenvalue weighted by Gasteiger charge is -2.16. The van der Waals surface area contributed by atoms with Crippen LogP contribution < -0.4 is 16.0 Å². The van der Waals surface area contributed by atoms with Crippen molar-refractivity contribution in [2.24, 2.45) is 0 Å². The van der Waals surface area contributed by atoms with Crippen LogP contribution in [0, 0.1) is 0 Å². The van der Waals surface area contributed by atoms with Crippen LogP contribution in [0.25, 0.3) is 10.9 Å². The molecule has 0 aliphatic rings. The highest BCUT2D eigenvalue weighted by atomic mass is 16.2. The van der Waals surface area contributed by atoms with Crippen LogP contribution in [-0.4, -0.2) is 35.5 Å². The third kappa shape index (κ3) is 3.59. The van der Waals surface area contributed by atoms with E-state index in [1.165, 1.54) is 0 Å². The Morgan fingerprint density at radius 1 is 1.29 bits per heavy atom. The number of carbonyl (C=O) groups is 1. The molecule has 0 aliphatic carbocycles. The molecule has 2 rings (SSSR count). The van der Waals surface area contributed by atoms with Crippen LogP contribution in [0.1, 0.15) is 20.3 Å². The van der Waals surface area contributed by atoms with Crippen LogP contribution in [0.4, 0.5) is 11.8 Å². The van der Waals surface area contributed by atoms with Crippen LogP contribution in [-0.2, 0) is 4.79 Å². The fourth-order valence-electron chi connectivity index (χ4n) is 1.97. The van der Waals surface area contributed by atoms with Crippen molar-refractivity contribution in [3.05, 3.63) is 24.3 Å². The van der Waals surface area contributed by atoms with Gasteiger partial charge < -0.3 is 16.0 Å². The number of nitrogens with zero attached hydrogens (tertiary/aromatic N) is 2. The number of nitrogens with one attached hydrogen (secondary N) is 3. The molecule has 6 heteroatoms. The second kappa shape index (κ2) is 6.88. The molecule has 6 nitrogen and oxygen atoms in total. The molecule has 1 atom stereocenters. The normalized spacial score (nSPS) is 12.0. The molecular weight excluding hydrogens is 266 g/mol. The molecule has 1 heterocycles. The third-order valence-electron chi connectivity index (χ3n) is 3.12. The molecule has 0 aliphatic heterocycles. The summed E-state index contributed by atoms with van der Waals surface area (Å²) in [5.74, 6) is 1.15. The van der Waals surface area contributed by atoms with E-state index in [1.807, 2.05) is 38.1 Å². The maximum atomic E-state index is 12.0. The van der Waals surface area contributed by atoms with E-state index >= 15 is 0 Å². The number of anilines is 2. The first-order valence-corrected chi connectivity index (χ1v) is 7.14. The van der Waals surface area contributed by atoms with Gasteiger partial charge in [0.15, 0.2) is 0 Å². The summed E-state index contributed by atoms with van der Waals surface area (Å²) < 4.78 is 0. The van der Waals surface area contributed by atoms with Crippen molar-refractivity contribution in [3.63, 3.8) is 0 Å². The molecule has 0 saturated heterocycles. The molecule has 0 spiro atoms. The Morgan fingerprint density at radius 2 is 2.05 bits per heavy atom. The molecule has 0 bridgehead atoms.